The third-order valence-corrected chi connectivity index (χ3v) is 1.44. The smallest absolute Gasteiger partial charge is 0.121 e. The molecule has 0 unspecified atom stereocenters. The highest BCUT2D eigenvalue weighted by Crippen LogP contribution is 2.19. The van der Waals surface area contributed by atoms with Crippen molar-refractivity contribution < 1.29 is 5.11 Å². The van der Waals surface area contributed by atoms with Crippen LogP contribution in [0.3, 0.4) is 0 Å². The molecule has 0 spiro atoms. The lowest BCUT2D eigenvalue weighted by Crippen LogP contribution is -1.76. The number of rotatable bonds is 0. The van der Waals surface area contributed by atoms with Crippen molar-refractivity contribution in [2.24, 2.45) is 0 Å². The molecular weight excluding hydrogens is 148 g/mol. The maximum atomic E-state index is 9.21. The van der Waals surface area contributed by atoms with E-state index in [-0.39, 0.29) is 0 Å². The van der Waals surface area contributed by atoms with Crippen LogP contribution >= 0.6 is 0 Å². The van der Waals surface area contributed by atoms with Crippen LogP contribution in [0.15, 0.2) is 18.2 Å². The van der Waals surface area contributed by atoms with Gasteiger partial charge in [-0.2, -0.15) is 0 Å². The Morgan fingerprint density at radius 3 is 1.67 bits per heavy atom. The molecule has 0 bridgehead atoms. The van der Waals surface area contributed by atoms with Crippen LogP contribution in [-0.4, -0.2) is 5.11 Å². The molecule has 0 heterocycles. The Labute approximate surface area is 75.1 Å². The summed E-state index contributed by atoms with van der Waals surface area (Å²) in [7, 11) is 0. The van der Waals surface area contributed by atoms with Crippen molar-refractivity contribution in [2.75, 3.05) is 0 Å². The van der Waals surface area contributed by atoms with E-state index in [1.54, 1.807) is 0 Å². The minimum atomic E-state index is 0.414. The van der Waals surface area contributed by atoms with E-state index >= 15 is 0 Å². The number of phenols is 1. The van der Waals surface area contributed by atoms with Gasteiger partial charge in [-0.25, -0.2) is 0 Å². The first-order valence-corrected chi connectivity index (χ1v) is 4.38. The first-order chi connectivity index (χ1) is 5.63. The second kappa shape index (κ2) is 5.64. The number of hydrogen-bond acceptors (Lipinski definition) is 1. The Hall–Kier alpha value is -0.980. The molecule has 1 nitrogen and oxygen atoms in total. The van der Waals surface area contributed by atoms with Gasteiger partial charge in [0.05, 0.1) is 0 Å². The number of hydrogen-bond donors (Lipinski definition) is 1. The Morgan fingerprint density at radius 1 is 1.08 bits per heavy atom. The summed E-state index contributed by atoms with van der Waals surface area (Å²) in [4.78, 5) is 0. The van der Waals surface area contributed by atoms with E-state index in [9.17, 15) is 5.11 Å². The van der Waals surface area contributed by atoms with Gasteiger partial charge in [-0.15, -0.1) is 0 Å². The highest BCUT2D eigenvalue weighted by Gasteiger charge is 1.95. The Bertz CT molecular complexity index is 208. The maximum Gasteiger partial charge on any atom is 0.121 e. The Morgan fingerprint density at radius 2 is 1.42 bits per heavy atom. The molecule has 0 amide bonds. The maximum absolute atomic E-state index is 9.21. The van der Waals surface area contributed by atoms with E-state index in [2.05, 4.69) is 13.8 Å². The summed E-state index contributed by atoms with van der Waals surface area (Å²) < 4.78 is 0. The van der Waals surface area contributed by atoms with E-state index in [0.717, 1.165) is 11.1 Å². The summed E-state index contributed by atoms with van der Waals surface area (Å²) in [6.45, 7) is 8.03. The number of benzene rings is 1. The molecule has 0 radical (unpaired) electrons. The van der Waals surface area contributed by atoms with Gasteiger partial charge in [-0.1, -0.05) is 38.5 Å². The normalized spacial score (nSPS) is 8.67. The SMILES string of the molecule is CCC.Cc1cccc(C)c1O. The minimum absolute atomic E-state index is 0.414. The molecule has 0 saturated heterocycles. The minimum Gasteiger partial charge on any atom is -0.507 e. The van der Waals surface area contributed by atoms with E-state index < -0.39 is 0 Å². The number of para-hydroxylation sites is 1. The number of phenolic OH excluding ortho intramolecular Hbond substituents is 1. The molecule has 12 heavy (non-hydrogen) atoms. The number of aryl methyl sites for hydroxylation is 2. The highest BCUT2D eigenvalue weighted by molar-refractivity contribution is 5.37. The van der Waals surface area contributed by atoms with Gasteiger partial charge in [0.25, 0.3) is 0 Å². The van der Waals surface area contributed by atoms with Crippen LogP contribution < -0.4 is 0 Å². The van der Waals surface area contributed by atoms with Crippen LogP contribution in [0.4, 0.5) is 0 Å². The van der Waals surface area contributed by atoms with Crippen LogP contribution in [-0.2, 0) is 0 Å². The summed E-state index contributed by atoms with van der Waals surface area (Å²) >= 11 is 0. The standard InChI is InChI=1S/C8H10O.C3H8/c1-6-4-3-5-7(2)8(6)9;1-3-2/h3-5,9H,1-2H3;3H2,1-2H3. The fourth-order valence-corrected chi connectivity index (χ4v) is 0.806. The molecule has 1 aromatic carbocycles. The summed E-state index contributed by atoms with van der Waals surface area (Å²) in [5, 5.41) is 9.21. The van der Waals surface area contributed by atoms with Crippen molar-refractivity contribution >= 4 is 0 Å². The first kappa shape index (κ1) is 11.0. The second-order valence-electron chi connectivity index (χ2n) is 2.95. The zero-order valence-electron chi connectivity index (χ0n) is 8.39. The molecule has 0 aliphatic rings. The monoisotopic (exact) mass is 166 g/mol. The van der Waals surface area contributed by atoms with Crippen LogP contribution in [0.5, 0.6) is 5.75 Å². The van der Waals surface area contributed by atoms with Crippen molar-refractivity contribution in [3.8, 4) is 5.75 Å². The predicted octanol–water partition coefficient (Wildman–Crippen LogP) is 3.43. The molecule has 0 atom stereocenters. The molecule has 1 rings (SSSR count). The van der Waals surface area contributed by atoms with Gasteiger partial charge in [0, 0.05) is 0 Å². The van der Waals surface area contributed by atoms with Crippen molar-refractivity contribution in [3.63, 3.8) is 0 Å². The molecule has 68 valence electrons. The fourth-order valence-electron chi connectivity index (χ4n) is 0.806. The van der Waals surface area contributed by atoms with Crippen LogP contribution in [0.1, 0.15) is 31.4 Å². The van der Waals surface area contributed by atoms with Gasteiger partial charge < -0.3 is 5.11 Å². The number of aromatic hydroxyl groups is 1. The molecule has 1 aromatic rings. The molecule has 0 fully saturated rings. The molecule has 1 heteroatoms. The zero-order valence-corrected chi connectivity index (χ0v) is 8.39. The van der Waals surface area contributed by atoms with Crippen molar-refractivity contribution in [1.82, 2.24) is 0 Å². The lowest BCUT2D eigenvalue weighted by atomic mass is 10.1. The Kier molecular flexibility index (Phi) is 5.18. The topological polar surface area (TPSA) is 20.2 Å². The molecule has 1 N–H and O–H groups in total. The molecule has 0 aromatic heterocycles. The third-order valence-electron chi connectivity index (χ3n) is 1.44. The lowest BCUT2D eigenvalue weighted by molar-refractivity contribution is 0.467. The molecule has 0 saturated carbocycles. The lowest BCUT2D eigenvalue weighted by Gasteiger charge is -1.99. The average Bonchev–Trinajstić information content (AvgIpc) is 2.02. The zero-order chi connectivity index (χ0) is 9.56. The first-order valence-electron chi connectivity index (χ1n) is 4.38. The quantitative estimate of drug-likeness (QED) is 0.626. The molecular formula is C11H18O. The summed E-state index contributed by atoms with van der Waals surface area (Å²) in [5.41, 5.74) is 1.88. The van der Waals surface area contributed by atoms with Crippen molar-refractivity contribution in [1.29, 1.82) is 0 Å². The van der Waals surface area contributed by atoms with E-state index in [4.69, 9.17) is 0 Å². The summed E-state index contributed by atoms with van der Waals surface area (Å²) in [5.74, 6) is 0.414. The molecule has 0 aliphatic carbocycles. The summed E-state index contributed by atoms with van der Waals surface area (Å²) in [6, 6.07) is 5.72. The van der Waals surface area contributed by atoms with Gasteiger partial charge in [-0.3, -0.25) is 0 Å². The van der Waals surface area contributed by atoms with Gasteiger partial charge in [0.2, 0.25) is 0 Å². The summed E-state index contributed by atoms with van der Waals surface area (Å²) in [6.07, 6.45) is 1.25. The van der Waals surface area contributed by atoms with Crippen LogP contribution in [0.2, 0.25) is 0 Å². The van der Waals surface area contributed by atoms with Crippen molar-refractivity contribution in [3.05, 3.63) is 29.3 Å². The predicted molar refractivity (Wildman–Crippen MR) is 53.5 cm³/mol. The van der Waals surface area contributed by atoms with Gasteiger partial charge in [0.15, 0.2) is 0 Å². The third kappa shape index (κ3) is 3.42. The van der Waals surface area contributed by atoms with E-state index in [1.807, 2.05) is 32.0 Å². The Balaban J connectivity index is 0.000000354. The van der Waals surface area contributed by atoms with E-state index in [0.29, 0.717) is 5.75 Å². The van der Waals surface area contributed by atoms with E-state index in [1.165, 1.54) is 6.42 Å². The van der Waals surface area contributed by atoms with Crippen LogP contribution in [0.25, 0.3) is 0 Å². The van der Waals surface area contributed by atoms with Gasteiger partial charge >= 0.3 is 0 Å². The van der Waals surface area contributed by atoms with Gasteiger partial charge in [-0.05, 0) is 25.0 Å². The fraction of sp³-hybridized carbons (Fsp3) is 0.455. The average molecular weight is 166 g/mol. The highest BCUT2D eigenvalue weighted by atomic mass is 16.3. The van der Waals surface area contributed by atoms with Gasteiger partial charge in [0.1, 0.15) is 5.75 Å². The van der Waals surface area contributed by atoms with Crippen LogP contribution in [0, 0.1) is 13.8 Å². The second-order valence-corrected chi connectivity index (χ2v) is 2.95. The molecule has 0 aliphatic heterocycles. The van der Waals surface area contributed by atoms with Crippen molar-refractivity contribution in [2.45, 2.75) is 34.1 Å². The largest absolute Gasteiger partial charge is 0.507 e.